The number of benzene rings is 2. The number of ether oxygens (including phenoxy) is 1. The van der Waals surface area contributed by atoms with E-state index in [1.807, 2.05) is 30.3 Å². The van der Waals surface area contributed by atoms with Gasteiger partial charge in [0.15, 0.2) is 5.65 Å². The summed E-state index contributed by atoms with van der Waals surface area (Å²) < 4.78 is 33.5. The molecule has 0 radical (unpaired) electrons. The number of para-hydroxylation sites is 1. The normalized spacial score (nSPS) is 11.6. The molecule has 0 aliphatic rings. The summed E-state index contributed by atoms with van der Waals surface area (Å²) in [5.41, 5.74) is 2.18. The third-order valence-electron chi connectivity index (χ3n) is 4.28. The Kier molecular flexibility index (Phi) is 4.65. The Hall–Kier alpha value is -2.39. The van der Waals surface area contributed by atoms with Crippen LogP contribution >= 0.6 is 22.6 Å². The maximum Gasteiger partial charge on any atom is 0.269 e. The summed E-state index contributed by atoms with van der Waals surface area (Å²) in [5.74, 6) is 0.741. The van der Waals surface area contributed by atoms with Gasteiger partial charge in [-0.3, -0.25) is 0 Å². The average Bonchev–Trinajstić information content (AvgIpc) is 3.05. The van der Waals surface area contributed by atoms with Gasteiger partial charge in [-0.1, -0.05) is 36.4 Å². The fraction of sp³-hybridized carbons (Fsp3) is 0.0500. The van der Waals surface area contributed by atoms with Crippen LogP contribution in [0.3, 0.4) is 0 Å². The second-order valence-corrected chi connectivity index (χ2v) is 8.86. The quantitative estimate of drug-likeness (QED) is 0.394. The van der Waals surface area contributed by atoms with Gasteiger partial charge in [0.05, 0.1) is 12.0 Å². The molecule has 0 fully saturated rings. The number of fused-ring (bicyclic) bond motifs is 1. The molecular weight excluding hydrogens is 475 g/mol. The van der Waals surface area contributed by atoms with Gasteiger partial charge in [0.1, 0.15) is 5.75 Å². The molecule has 0 saturated heterocycles. The smallest absolute Gasteiger partial charge is 0.269 e. The minimum Gasteiger partial charge on any atom is -0.496 e. The molecule has 0 amide bonds. The first kappa shape index (κ1) is 18.0. The van der Waals surface area contributed by atoms with Crippen molar-refractivity contribution in [2.24, 2.45) is 0 Å². The summed E-state index contributed by atoms with van der Waals surface area (Å²) >= 11 is 2.14. The van der Waals surface area contributed by atoms with Crippen LogP contribution in [0.4, 0.5) is 0 Å². The molecule has 2 heterocycles. The van der Waals surface area contributed by atoms with Gasteiger partial charge >= 0.3 is 0 Å². The standard InChI is InChI=1S/C20H15IN2O3S/c1-26-19-10-6-5-9-16(19)14-11-17-18(21)13-23(20(17)22-12-14)27(24,25)15-7-3-2-4-8-15/h2-13H,1H3. The van der Waals surface area contributed by atoms with E-state index in [2.05, 4.69) is 27.6 Å². The number of pyridine rings is 1. The van der Waals surface area contributed by atoms with Crippen LogP contribution in [0.2, 0.25) is 0 Å². The van der Waals surface area contributed by atoms with Crippen LogP contribution in [0, 0.1) is 3.57 Å². The number of halogens is 1. The molecule has 0 spiro atoms. The molecule has 0 N–H and O–H groups in total. The van der Waals surface area contributed by atoms with E-state index in [-0.39, 0.29) is 4.90 Å². The van der Waals surface area contributed by atoms with Crippen molar-refractivity contribution < 1.29 is 13.2 Å². The molecule has 4 rings (SSSR count). The molecule has 0 unspecified atom stereocenters. The van der Waals surface area contributed by atoms with Crippen molar-refractivity contribution in [2.45, 2.75) is 4.90 Å². The first-order chi connectivity index (χ1) is 13.0. The van der Waals surface area contributed by atoms with Crippen LogP contribution in [0.1, 0.15) is 0 Å². The Bertz CT molecular complexity index is 1230. The maximum atomic E-state index is 13.0. The Morgan fingerprint density at radius 2 is 1.74 bits per heavy atom. The molecule has 4 aromatic rings. The third kappa shape index (κ3) is 3.10. The molecule has 0 bridgehead atoms. The Morgan fingerprint density at radius 1 is 1.04 bits per heavy atom. The molecule has 2 aromatic heterocycles. The molecule has 5 nitrogen and oxygen atoms in total. The zero-order chi connectivity index (χ0) is 19.0. The van der Waals surface area contributed by atoms with Crippen molar-refractivity contribution in [2.75, 3.05) is 7.11 Å². The van der Waals surface area contributed by atoms with Gasteiger partial charge in [-0.05, 0) is 46.9 Å². The third-order valence-corrected chi connectivity index (χ3v) is 6.81. The highest BCUT2D eigenvalue weighted by Gasteiger charge is 2.22. The number of hydrogen-bond donors (Lipinski definition) is 0. The summed E-state index contributed by atoms with van der Waals surface area (Å²) in [6.45, 7) is 0. The predicted molar refractivity (Wildman–Crippen MR) is 113 cm³/mol. The van der Waals surface area contributed by atoms with E-state index in [1.165, 1.54) is 3.97 Å². The molecule has 7 heteroatoms. The molecule has 0 atom stereocenters. The van der Waals surface area contributed by atoms with E-state index in [0.717, 1.165) is 25.8 Å². The lowest BCUT2D eigenvalue weighted by Gasteiger charge is -2.09. The zero-order valence-electron chi connectivity index (χ0n) is 14.3. The zero-order valence-corrected chi connectivity index (χ0v) is 17.3. The largest absolute Gasteiger partial charge is 0.496 e. The van der Waals surface area contributed by atoms with E-state index in [4.69, 9.17) is 4.74 Å². The van der Waals surface area contributed by atoms with Gasteiger partial charge in [0.25, 0.3) is 10.0 Å². The fourth-order valence-electron chi connectivity index (χ4n) is 2.96. The maximum absolute atomic E-state index is 13.0. The highest BCUT2D eigenvalue weighted by molar-refractivity contribution is 14.1. The Morgan fingerprint density at radius 3 is 2.48 bits per heavy atom. The lowest BCUT2D eigenvalue weighted by Crippen LogP contribution is -2.12. The summed E-state index contributed by atoms with van der Waals surface area (Å²) in [6.07, 6.45) is 3.28. The first-order valence-electron chi connectivity index (χ1n) is 8.13. The van der Waals surface area contributed by atoms with Crippen LogP contribution in [0.15, 0.2) is 78.0 Å². The lowest BCUT2D eigenvalue weighted by molar-refractivity contribution is 0.416. The van der Waals surface area contributed by atoms with E-state index < -0.39 is 10.0 Å². The summed E-state index contributed by atoms with van der Waals surface area (Å²) in [5, 5.41) is 0.776. The molecule has 0 aliphatic heterocycles. The summed E-state index contributed by atoms with van der Waals surface area (Å²) in [6, 6.07) is 18.0. The molecular formula is C20H15IN2O3S. The van der Waals surface area contributed by atoms with Gasteiger partial charge in [-0.25, -0.2) is 17.4 Å². The van der Waals surface area contributed by atoms with E-state index in [0.29, 0.717) is 5.65 Å². The van der Waals surface area contributed by atoms with E-state index >= 15 is 0 Å². The van der Waals surface area contributed by atoms with Crippen LogP contribution < -0.4 is 4.74 Å². The predicted octanol–water partition coefficient (Wildman–Crippen LogP) is 4.55. The highest BCUT2D eigenvalue weighted by Crippen LogP contribution is 2.33. The number of nitrogens with zero attached hydrogens (tertiary/aromatic N) is 2. The van der Waals surface area contributed by atoms with Gasteiger partial charge in [0.2, 0.25) is 0 Å². The number of rotatable bonds is 4. The Balaban J connectivity index is 1.90. The second-order valence-electron chi connectivity index (χ2n) is 5.89. The minimum atomic E-state index is -3.71. The van der Waals surface area contributed by atoms with E-state index in [9.17, 15) is 8.42 Å². The number of methoxy groups -OCH3 is 1. The highest BCUT2D eigenvalue weighted by atomic mass is 127. The molecule has 0 saturated carbocycles. The van der Waals surface area contributed by atoms with Crippen LogP contribution in [-0.2, 0) is 10.0 Å². The van der Waals surface area contributed by atoms with Gasteiger partial charge in [-0.2, -0.15) is 0 Å². The fourth-order valence-corrected chi connectivity index (χ4v) is 5.17. The van der Waals surface area contributed by atoms with Crippen molar-refractivity contribution >= 4 is 43.6 Å². The monoisotopic (exact) mass is 490 g/mol. The topological polar surface area (TPSA) is 61.2 Å². The van der Waals surface area contributed by atoms with Crippen LogP contribution in [0.5, 0.6) is 5.75 Å². The number of aromatic nitrogens is 2. The van der Waals surface area contributed by atoms with Crippen LogP contribution in [0.25, 0.3) is 22.2 Å². The molecule has 27 heavy (non-hydrogen) atoms. The van der Waals surface area contributed by atoms with Gasteiger partial charge in [-0.15, -0.1) is 0 Å². The van der Waals surface area contributed by atoms with Crippen molar-refractivity contribution in [3.05, 3.63) is 76.6 Å². The van der Waals surface area contributed by atoms with Crippen molar-refractivity contribution in [1.82, 2.24) is 8.96 Å². The average molecular weight is 490 g/mol. The van der Waals surface area contributed by atoms with Gasteiger partial charge < -0.3 is 4.74 Å². The number of hydrogen-bond acceptors (Lipinski definition) is 4. The van der Waals surface area contributed by atoms with Crippen LogP contribution in [-0.4, -0.2) is 24.5 Å². The Labute approximate surface area is 170 Å². The van der Waals surface area contributed by atoms with Crippen molar-refractivity contribution in [3.63, 3.8) is 0 Å². The van der Waals surface area contributed by atoms with E-state index in [1.54, 1.807) is 49.8 Å². The molecule has 136 valence electrons. The second kappa shape index (κ2) is 6.97. The SMILES string of the molecule is COc1ccccc1-c1cnc2c(c1)c(I)cn2S(=O)(=O)c1ccccc1. The summed E-state index contributed by atoms with van der Waals surface area (Å²) in [4.78, 5) is 4.70. The molecule has 2 aromatic carbocycles. The lowest BCUT2D eigenvalue weighted by atomic mass is 10.1. The first-order valence-corrected chi connectivity index (χ1v) is 10.6. The van der Waals surface area contributed by atoms with Gasteiger partial charge in [0, 0.05) is 32.5 Å². The molecule has 0 aliphatic carbocycles. The van der Waals surface area contributed by atoms with Crippen molar-refractivity contribution in [3.8, 4) is 16.9 Å². The summed E-state index contributed by atoms with van der Waals surface area (Å²) in [7, 11) is -2.09. The minimum absolute atomic E-state index is 0.230. The van der Waals surface area contributed by atoms with Crippen molar-refractivity contribution in [1.29, 1.82) is 0 Å².